The molecule has 0 radical (unpaired) electrons. The fraction of sp³-hybridized carbons (Fsp3) is 0.446. The third kappa shape index (κ3) is 13.4. The maximum absolute atomic E-state index is 14.3. The second kappa shape index (κ2) is 25.7. The van der Waals surface area contributed by atoms with Crippen LogP contribution in [0.5, 0.6) is 17.2 Å². The van der Waals surface area contributed by atoms with Gasteiger partial charge in [0.25, 0.3) is 11.8 Å². The van der Waals surface area contributed by atoms with Crippen LogP contribution in [0.2, 0.25) is 0 Å². The molecule has 17 heteroatoms. The first-order chi connectivity index (χ1) is 39.2. The van der Waals surface area contributed by atoms with Gasteiger partial charge in [0.15, 0.2) is 17.3 Å². The van der Waals surface area contributed by atoms with Gasteiger partial charge in [-0.05, 0) is 130 Å². The highest BCUT2D eigenvalue weighted by molar-refractivity contribution is 8.77. The highest BCUT2D eigenvalue weighted by atomic mass is 33.1. The van der Waals surface area contributed by atoms with Gasteiger partial charge in [-0.1, -0.05) is 85.7 Å². The molecule has 0 aliphatic carbocycles. The van der Waals surface area contributed by atoms with Gasteiger partial charge in [-0.15, -0.1) is 0 Å². The number of fused-ring (bicyclic) bond motifs is 8. The summed E-state index contributed by atoms with van der Waals surface area (Å²) in [5.74, 6) is 0.596. The van der Waals surface area contributed by atoms with E-state index in [1.807, 2.05) is 117 Å². The molecule has 3 N–H and O–H groups in total. The Balaban J connectivity index is 0.913. The lowest BCUT2D eigenvalue weighted by atomic mass is 9.92. The molecule has 5 aromatic rings. The van der Waals surface area contributed by atoms with Gasteiger partial charge in [-0.25, -0.2) is 0 Å². The number of benzene rings is 5. The molecular formula is C65H78N6O9S2. The predicted octanol–water partition coefficient (Wildman–Crippen LogP) is 11.9. The van der Waals surface area contributed by atoms with E-state index in [9.17, 15) is 28.8 Å². The van der Waals surface area contributed by atoms with Crippen molar-refractivity contribution in [1.82, 2.24) is 5.32 Å². The van der Waals surface area contributed by atoms with Crippen molar-refractivity contribution in [3.63, 3.8) is 0 Å². The van der Waals surface area contributed by atoms with E-state index in [4.69, 9.17) is 14.2 Å². The van der Waals surface area contributed by atoms with E-state index in [1.54, 1.807) is 41.7 Å². The van der Waals surface area contributed by atoms with E-state index in [1.165, 1.54) is 5.56 Å². The second-order valence-electron chi connectivity index (χ2n) is 23.4. The Kier molecular flexibility index (Phi) is 18.7. The number of Topliss-reactive ketones (excluding diaryl/α,β-unsaturated/α-hetero) is 2. The summed E-state index contributed by atoms with van der Waals surface area (Å²) in [4.78, 5) is 87.8. The standard InChI is InChI=1S/C65H78N6O9S2/c1-11-48(72)19-16-24-81-82-65(7,8)23-22-60(74)68-61(38(2)3)56(73)26-40(5)62(75)67-46-28-42(36-79-57-34-55-50(25-39(57)4)64(77)70-47(35-69(55)9)30-44-17-12-14-20-52(44)70)27-43(29-46)37-80-59-33-51-49(32-58(59)78-10)63(76)71-53-21-15-13-18-45(53)31-54(71)41(6)66-51/h12-15,17-18,20-21,25,27-29,32-34,38,40-41,47,54,61,66H,11,16,19,22-24,26,30-31,35-37H2,1-10H3,(H,67,75)(H,68,74)/t40-,41?,47+,54+,61+/m1/s1. The minimum Gasteiger partial charge on any atom is -0.493 e. The molecule has 434 valence electrons. The number of amides is 4. The summed E-state index contributed by atoms with van der Waals surface area (Å²) < 4.78 is 18.9. The highest BCUT2D eigenvalue weighted by Crippen LogP contribution is 2.44. The summed E-state index contributed by atoms with van der Waals surface area (Å²) in [6.45, 7) is 16.4. The third-order valence-electron chi connectivity index (χ3n) is 16.1. The Labute approximate surface area is 490 Å². The van der Waals surface area contributed by atoms with Crippen LogP contribution in [0.4, 0.5) is 28.4 Å². The minimum atomic E-state index is -0.772. The monoisotopic (exact) mass is 1150 g/mol. The van der Waals surface area contributed by atoms with E-state index in [-0.39, 0.29) is 90.0 Å². The number of carbonyl (C=O) groups is 6. The van der Waals surface area contributed by atoms with Gasteiger partial charge >= 0.3 is 0 Å². The Hall–Kier alpha value is -6.98. The molecule has 9 rings (SSSR count). The zero-order chi connectivity index (χ0) is 58.6. The number of ketones is 2. The number of nitrogens with one attached hydrogen (secondary N) is 3. The topological polar surface area (TPSA) is 176 Å². The van der Waals surface area contributed by atoms with Crippen LogP contribution >= 0.6 is 21.6 Å². The number of anilines is 5. The largest absolute Gasteiger partial charge is 0.493 e. The highest BCUT2D eigenvalue weighted by Gasteiger charge is 2.42. The molecule has 0 aromatic heterocycles. The maximum Gasteiger partial charge on any atom is 0.260 e. The molecular weight excluding hydrogens is 1070 g/mol. The van der Waals surface area contributed by atoms with Gasteiger partial charge in [0, 0.05) is 90.9 Å². The average molecular weight is 1150 g/mol. The molecule has 4 aliphatic rings. The van der Waals surface area contributed by atoms with Crippen molar-refractivity contribution in [3.05, 3.63) is 130 Å². The fourth-order valence-corrected chi connectivity index (χ4v) is 14.2. The zero-order valence-electron chi connectivity index (χ0n) is 48.9. The number of aryl methyl sites for hydroxylation is 1. The molecule has 5 atom stereocenters. The lowest BCUT2D eigenvalue weighted by molar-refractivity contribution is -0.131. The molecule has 1 unspecified atom stereocenters. The molecule has 0 bridgehead atoms. The van der Waals surface area contributed by atoms with E-state index in [2.05, 4.69) is 53.8 Å². The number of nitrogens with zero attached hydrogens (tertiary/aromatic N) is 3. The van der Waals surface area contributed by atoms with Crippen LogP contribution in [0.3, 0.4) is 0 Å². The Morgan fingerprint density at radius 2 is 1.45 bits per heavy atom. The molecule has 4 heterocycles. The number of likely N-dealkylation sites (N-methyl/N-ethyl adjacent to an activating group) is 1. The molecule has 15 nitrogen and oxygen atoms in total. The molecule has 0 saturated heterocycles. The van der Waals surface area contributed by atoms with Gasteiger partial charge in [0.1, 0.15) is 24.7 Å². The Morgan fingerprint density at radius 3 is 2.13 bits per heavy atom. The summed E-state index contributed by atoms with van der Waals surface area (Å²) in [6.07, 6.45) is 4.24. The summed E-state index contributed by atoms with van der Waals surface area (Å²) >= 11 is 0. The summed E-state index contributed by atoms with van der Waals surface area (Å²) in [5, 5.41) is 9.65. The third-order valence-corrected chi connectivity index (χ3v) is 19.6. The Morgan fingerprint density at radius 1 is 0.793 bits per heavy atom. The first-order valence-corrected chi connectivity index (χ1v) is 31.0. The van der Waals surface area contributed by atoms with Gasteiger partial charge in [0.05, 0.1) is 47.7 Å². The predicted molar refractivity (Wildman–Crippen MR) is 329 cm³/mol. The average Bonchev–Trinajstić information content (AvgIpc) is 3.35. The van der Waals surface area contributed by atoms with Crippen molar-refractivity contribution in [3.8, 4) is 17.2 Å². The molecule has 0 saturated carbocycles. The molecule has 5 aromatic carbocycles. The SMILES string of the molecule is CCC(=O)CCCSSC(C)(C)CCC(=O)N[C@H](C(=O)C[C@@H](C)C(=O)Nc1cc(COc2cc3c(cc2C)C(=O)N2c4ccccc4C[C@H]2CN3C)cc(COc2cc3c(cc2OC)C(=O)N2c4ccccc4C[C@H]2C(C)N3)c1)C(C)C. The first kappa shape index (κ1) is 59.6. The van der Waals surface area contributed by atoms with Crippen LogP contribution in [0, 0.1) is 18.8 Å². The quantitative estimate of drug-likeness (QED) is 0.0393. The van der Waals surface area contributed by atoms with E-state index in [0.29, 0.717) is 71.1 Å². The Bertz CT molecular complexity index is 3250. The number of hydrogen-bond donors (Lipinski definition) is 3. The molecule has 82 heavy (non-hydrogen) atoms. The van der Waals surface area contributed by atoms with Crippen LogP contribution < -0.4 is 44.9 Å². The fourth-order valence-electron chi connectivity index (χ4n) is 11.6. The zero-order valence-corrected chi connectivity index (χ0v) is 50.6. The van der Waals surface area contributed by atoms with Crippen molar-refractivity contribution >= 4 is 85.2 Å². The molecule has 4 amide bonds. The number of para-hydroxylation sites is 2. The molecule has 0 spiro atoms. The van der Waals surface area contributed by atoms with Crippen LogP contribution in [0.25, 0.3) is 0 Å². The van der Waals surface area contributed by atoms with Crippen molar-refractivity contribution in [2.24, 2.45) is 11.8 Å². The summed E-state index contributed by atoms with van der Waals surface area (Å²) in [5.41, 5.74) is 9.33. The van der Waals surface area contributed by atoms with E-state index >= 15 is 0 Å². The van der Waals surface area contributed by atoms with Gasteiger partial charge in [-0.2, -0.15) is 0 Å². The number of methoxy groups -OCH3 is 1. The van der Waals surface area contributed by atoms with Gasteiger partial charge in [0.2, 0.25) is 11.8 Å². The van der Waals surface area contributed by atoms with Crippen molar-refractivity contribution in [1.29, 1.82) is 0 Å². The van der Waals surface area contributed by atoms with Crippen LogP contribution in [-0.2, 0) is 45.2 Å². The van der Waals surface area contributed by atoms with Crippen molar-refractivity contribution < 1.29 is 43.0 Å². The van der Waals surface area contributed by atoms with E-state index in [0.717, 1.165) is 58.8 Å². The number of ether oxygens (including phenoxy) is 3. The molecule has 4 aliphatic heterocycles. The van der Waals surface area contributed by atoms with Crippen molar-refractivity contribution in [2.75, 3.05) is 51.8 Å². The normalized spacial score (nSPS) is 17.7. The lowest BCUT2D eigenvalue weighted by Gasteiger charge is -2.27. The van der Waals surface area contributed by atoms with Gasteiger partial charge < -0.3 is 44.9 Å². The lowest BCUT2D eigenvalue weighted by Crippen LogP contribution is -2.45. The minimum absolute atomic E-state index is 0.00361. The smallest absolute Gasteiger partial charge is 0.260 e. The van der Waals surface area contributed by atoms with Gasteiger partial charge in [-0.3, -0.25) is 28.8 Å². The van der Waals surface area contributed by atoms with Crippen LogP contribution in [0.15, 0.2) is 91.0 Å². The molecule has 0 fully saturated rings. The second-order valence-corrected chi connectivity index (χ2v) is 26.5. The number of carbonyl (C=O) groups excluding carboxylic acids is 6. The summed E-state index contributed by atoms with van der Waals surface area (Å²) in [7, 11) is 6.97. The number of rotatable bonds is 24. The maximum atomic E-state index is 14.3. The van der Waals surface area contributed by atoms with Crippen molar-refractivity contribution in [2.45, 2.75) is 149 Å². The van der Waals surface area contributed by atoms with Crippen LogP contribution in [-0.4, -0.2) is 90.6 Å². The van der Waals surface area contributed by atoms with Crippen LogP contribution in [0.1, 0.15) is 136 Å². The number of hydrogen-bond acceptors (Lipinski definition) is 13. The summed E-state index contributed by atoms with van der Waals surface area (Å²) in [6, 6.07) is 28.2. The van der Waals surface area contributed by atoms with E-state index < -0.39 is 12.0 Å². The first-order valence-electron chi connectivity index (χ1n) is 28.7.